The van der Waals surface area contributed by atoms with Gasteiger partial charge in [0.15, 0.2) is 0 Å². The molecule has 1 aliphatic rings. The molecule has 1 unspecified atom stereocenters. The molecule has 17 heavy (non-hydrogen) atoms. The first-order valence-electron chi connectivity index (χ1n) is 5.89. The number of aromatic nitrogens is 2. The van der Waals surface area contributed by atoms with Crippen molar-refractivity contribution in [3.05, 3.63) is 46.5 Å². The molecule has 1 heterocycles. The Hall–Kier alpha value is -1.26. The smallest absolute Gasteiger partial charge is 0.124 e. The molecule has 1 atom stereocenters. The molecule has 4 heteroatoms. The predicted octanol–water partition coefficient (Wildman–Crippen LogP) is 2.89. The van der Waals surface area contributed by atoms with Crippen LogP contribution in [0.5, 0.6) is 0 Å². The van der Waals surface area contributed by atoms with Gasteiger partial charge in [-0.1, -0.05) is 35.2 Å². The molecule has 1 saturated carbocycles. The summed E-state index contributed by atoms with van der Waals surface area (Å²) in [6.45, 7) is 0. The van der Waals surface area contributed by atoms with Crippen molar-refractivity contribution in [1.29, 1.82) is 0 Å². The maximum absolute atomic E-state index is 10.2. The average Bonchev–Trinajstić information content (AvgIpc) is 2.79. The monoisotopic (exact) mass is 246 g/mol. The lowest BCUT2D eigenvalue weighted by Gasteiger charge is -2.26. The Bertz CT molecular complexity index is 494. The molecule has 1 aromatic carbocycles. The molecular formula is C13H14N2OS. The molecule has 3 nitrogen and oxygen atoms in total. The maximum Gasteiger partial charge on any atom is 0.124 e. The number of rotatable bonds is 3. The highest BCUT2D eigenvalue weighted by molar-refractivity contribution is 7.03. The quantitative estimate of drug-likeness (QED) is 0.905. The minimum Gasteiger partial charge on any atom is -0.382 e. The third-order valence-corrected chi connectivity index (χ3v) is 3.98. The van der Waals surface area contributed by atoms with E-state index in [-0.39, 0.29) is 0 Å². The predicted molar refractivity (Wildman–Crippen MR) is 67.0 cm³/mol. The Balaban J connectivity index is 1.87. The summed E-state index contributed by atoms with van der Waals surface area (Å²) in [7, 11) is 0. The van der Waals surface area contributed by atoms with E-state index in [1.165, 1.54) is 36.4 Å². The normalized spacial score (nSPS) is 17.7. The van der Waals surface area contributed by atoms with E-state index in [9.17, 15) is 5.11 Å². The number of hydrogen-bond acceptors (Lipinski definition) is 4. The Kier molecular flexibility index (Phi) is 2.91. The van der Waals surface area contributed by atoms with E-state index < -0.39 is 6.10 Å². The van der Waals surface area contributed by atoms with Crippen LogP contribution < -0.4 is 0 Å². The molecule has 1 aliphatic carbocycles. The number of benzene rings is 1. The minimum atomic E-state index is -0.645. The van der Waals surface area contributed by atoms with E-state index in [0.29, 0.717) is 11.6 Å². The molecule has 0 bridgehead atoms. The summed E-state index contributed by atoms with van der Waals surface area (Å²) in [4.78, 5) is 0. The average molecular weight is 246 g/mol. The van der Waals surface area contributed by atoms with Gasteiger partial charge in [0.05, 0.1) is 0 Å². The van der Waals surface area contributed by atoms with Gasteiger partial charge in [-0.2, -0.15) is 0 Å². The Morgan fingerprint density at radius 2 is 2.24 bits per heavy atom. The zero-order valence-corrected chi connectivity index (χ0v) is 10.2. The van der Waals surface area contributed by atoms with Crippen LogP contribution in [0, 0.1) is 0 Å². The lowest BCUT2D eigenvalue weighted by atomic mass is 9.79. The second kappa shape index (κ2) is 4.55. The Morgan fingerprint density at radius 1 is 1.35 bits per heavy atom. The van der Waals surface area contributed by atoms with Crippen molar-refractivity contribution < 1.29 is 5.11 Å². The lowest BCUT2D eigenvalue weighted by molar-refractivity contribution is 0.215. The molecular weight excluding hydrogens is 232 g/mol. The number of hydrogen-bond donors (Lipinski definition) is 1. The van der Waals surface area contributed by atoms with Crippen molar-refractivity contribution in [3.63, 3.8) is 0 Å². The summed E-state index contributed by atoms with van der Waals surface area (Å²) in [6.07, 6.45) is 3.23. The van der Waals surface area contributed by atoms with Gasteiger partial charge in [0.2, 0.25) is 0 Å². The molecule has 0 amide bonds. The number of nitrogens with zero attached hydrogens (tertiary/aromatic N) is 2. The van der Waals surface area contributed by atoms with Gasteiger partial charge in [0.25, 0.3) is 0 Å². The van der Waals surface area contributed by atoms with Gasteiger partial charge < -0.3 is 5.11 Å². The minimum absolute atomic E-state index is 0.640. The summed E-state index contributed by atoms with van der Waals surface area (Å²) in [5.41, 5.74) is 2.90. The zero-order chi connectivity index (χ0) is 11.7. The van der Waals surface area contributed by atoms with Crippen LogP contribution in [0.2, 0.25) is 0 Å². The second-order valence-corrected chi connectivity index (χ2v) is 5.14. The number of aliphatic hydroxyl groups is 1. The third kappa shape index (κ3) is 2.10. The molecule has 0 aliphatic heterocycles. The third-order valence-electron chi connectivity index (χ3n) is 3.46. The highest BCUT2D eigenvalue weighted by atomic mass is 32.1. The van der Waals surface area contributed by atoms with E-state index in [1.807, 2.05) is 12.1 Å². The fourth-order valence-corrected chi connectivity index (χ4v) is 2.66. The van der Waals surface area contributed by atoms with Gasteiger partial charge in [0.1, 0.15) is 11.8 Å². The summed E-state index contributed by atoms with van der Waals surface area (Å²) < 4.78 is 3.79. The Morgan fingerprint density at radius 3 is 2.88 bits per heavy atom. The van der Waals surface area contributed by atoms with Crippen LogP contribution in [0.3, 0.4) is 0 Å². The summed E-state index contributed by atoms with van der Waals surface area (Å²) in [5.74, 6) is 0.690. The van der Waals surface area contributed by atoms with E-state index in [2.05, 4.69) is 21.7 Å². The van der Waals surface area contributed by atoms with Crippen LogP contribution in [0.25, 0.3) is 0 Å². The van der Waals surface area contributed by atoms with Gasteiger partial charge in [-0.3, -0.25) is 0 Å². The van der Waals surface area contributed by atoms with Crippen LogP contribution in [0.1, 0.15) is 48.1 Å². The van der Waals surface area contributed by atoms with E-state index >= 15 is 0 Å². The van der Waals surface area contributed by atoms with E-state index in [0.717, 1.165) is 5.56 Å². The van der Waals surface area contributed by atoms with Crippen molar-refractivity contribution in [2.75, 3.05) is 0 Å². The molecule has 0 saturated heterocycles. The SMILES string of the molecule is OC(c1cccc(C2CCC2)c1)c1csnn1. The van der Waals surface area contributed by atoms with Gasteiger partial charge in [0, 0.05) is 5.38 Å². The van der Waals surface area contributed by atoms with Gasteiger partial charge in [-0.25, -0.2) is 0 Å². The van der Waals surface area contributed by atoms with Crippen molar-refractivity contribution in [2.24, 2.45) is 0 Å². The molecule has 1 N–H and O–H groups in total. The van der Waals surface area contributed by atoms with Crippen molar-refractivity contribution in [3.8, 4) is 0 Å². The molecule has 0 radical (unpaired) electrons. The lowest BCUT2D eigenvalue weighted by Crippen LogP contribution is -2.09. The maximum atomic E-state index is 10.2. The molecule has 0 spiro atoms. The molecule has 3 rings (SSSR count). The first-order chi connectivity index (χ1) is 8.34. The standard InChI is InChI=1S/C13H14N2OS/c16-13(12-8-17-15-14-12)11-6-2-5-10(7-11)9-3-1-4-9/h2,5-9,13,16H,1,3-4H2. The highest BCUT2D eigenvalue weighted by Gasteiger charge is 2.21. The van der Waals surface area contributed by atoms with Gasteiger partial charge in [-0.05, 0) is 41.4 Å². The summed E-state index contributed by atoms with van der Waals surface area (Å²) >= 11 is 1.27. The second-order valence-electron chi connectivity index (χ2n) is 4.53. The molecule has 2 aromatic rings. The fourth-order valence-electron chi connectivity index (χ4n) is 2.19. The fraction of sp³-hybridized carbons (Fsp3) is 0.385. The highest BCUT2D eigenvalue weighted by Crippen LogP contribution is 2.37. The van der Waals surface area contributed by atoms with Crippen LogP contribution in [0.4, 0.5) is 0 Å². The zero-order valence-electron chi connectivity index (χ0n) is 9.41. The molecule has 1 fully saturated rings. The molecule has 88 valence electrons. The van der Waals surface area contributed by atoms with Crippen LogP contribution in [-0.2, 0) is 0 Å². The number of aliphatic hydroxyl groups excluding tert-OH is 1. The van der Waals surface area contributed by atoms with Crippen LogP contribution in [-0.4, -0.2) is 14.7 Å². The topological polar surface area (TPSA) is 46.0 Å². The first kappa shape index (κ1) is 10.9. The van der Waals surface area contributed by atoms with Crippen molar-refractivity contribution >= 4 is 11.5 Å². The van der Waals surface area contributed by atoms with Gasteiger partial charge >= 0.3 is 0 Å². The van der Waals surface area contributed by atoms with Crippen LogP contribution >= 0.6 is 11.5 Å². The largest absolute Gasteiger partial charge is 0.382 e. The summed E-state index contributed by atoms with van der Waals surface area (Å²) in [5, 5.41) is 15.9. The first-order valence-corrected chi connectivity index (χ1v) is 6.73. The molecule has 1 aromatic heterocycles. The van der Waals surface area contributed by atoms with E-state index in [1.54, 1.807) is 5.38 Å². The summed E-state index contributed by atoms with van der Waals surface area (Å²) in [6, 6.07) is 8.23. The van der Waals surface area contributed by atoms with Crippen molar-refractivity contribution in [2.45, 2.75) is 31.3 Å². The van der Waals surface area contributed by atoms with E-state index in [4.69, 9.17) is 0 Å². The Labute approximate surface area is 104 Å². The van der Waals surface area contributed by atoms with Crippen molar-refractivity contribution in [1.82, 2.24) is 9.59 Å². The van der Waals surface area contributed by atoms with Gasteiger partial charge in [-0.15, -0.1) is 5.10 Å². The van der Waals surface area contributed by atoms with Crippen LogP contribution in [0.15, 0.2) is 29.6 Å².